The van der Waals surface area contributed by atoms with Crippen molar-refractivity contribution in [3.8, 4) is 0 Å². The Balaban J connectivity index is 2.77. The van der Waals surface area contributed by atoms with E-state index in [4.69, 9.17) is 0 Å². The van der Waals surface area contributed by atoms with Gasteiger partial charge in [0.05, 0.1) is 12.0 Å². The summed E-state index contributed by atoms with van der Waals surface area (Å²) in [5.41, 5.74) is 0.548. The number of hydrogen-bond acceptors (Lipinski definition) is 3. The van der Waals surface area contributed by atoms with Crippen molar-refractivity contribution in [1.82, 2.24) is 14.3 Å². The van der Waals surface area contributed by atoms with Crippen molar-refractivity contribution in [3.05, 3.63) is 18.2 Å². The summed E-state index contributed by atoms with van der Waals surface area (Å²) in [6.45, 7) is 0. The third kappa shape index (κ3) is 2.31. The Morgan fingerprint density at radius 2 is 2.33 bits per heavy atom. The second-order valence-corrected chi connectivity index (χ2v) is 4.42. The Hall–Kier alpha value is -0.880. The van der Waals surface area contributed by atoms with E-state index in [1.54, 1.807) is 24.1 Å². The molecule has 68 valence electrons. The first kappa shape index (κ1) is 9.21. The van der Waals surface area contributed by atoms with Gasteiger partial charge in [0.25, 0.3) is 0 Å². The van der Waals surface area contributed by atoms with Crippen molar-refractivity contribution in [2.75, 3.05) is 7.05 Å². The van der Waals surface area contributed by atoms with E-state index >= 15 is 0 Å². The van der Waals surface area contributed by atoms with Crippen LogP contribution in [0.4, 0.5) is 0 Å². The van der Waals surface area contributed by atoms with Crippen molar-refractivity contribution in [1.29, 1.82) is 0 Å². The van der Waals surface area contributed by atoms with Gasteiger partial charge in [0.15, 0.2) is 0 Å². The zero-order valence-electron chi connectivity index (χ0n) is 6.98. The van der Waals surface area contributed by atoms with Gasteiger partial charge in [0.2, 0.25) is 10.0 Å². The standard InChI is InChI=1S/C6H11N3O2S/c1-7-12(10,11)4-6-3-9(2)5-8-6/h3,5,7H,4H2,1-2H3. The molecular formula is C6H11N3O2S. The first-order chi connectivity index (χ1) is 5.53. The van der Waals surface area contributed by atoms with E-state index < -0.39 is 10.0 Å². The highest BCUT2D eigenvalue weighted by atomic mass is 32.2. The maximum atomic E-state index is 11.0. The summed E-state index contributed by atoms with van der Waals surface area (Å²) in [5, 5.41) is 0. The van der Waals surface area contributed by atoms with Gasteiger partial charge in [-0.15, -0.1) is 0 Å². The number of sulfonamides is 1. The Labute approximate surface area is 71.5 Å². The molecule has 0 radical (unpaired) electrons. The van der Waals surface area contributed by atoms with E-state index in [1.165, 1.54) is 7.05 Å². The molecule has 1 heterocycles. The molecule has 0 amide bonds. The van der Waals surface area contributed by atoms with E-state index in [-0.39, 0.29) is 5.75 Å². The normalized spacial score (nSPS) is 11.8. The zero-order chi connectivity index (χ0) is 9.19. The number of aromatic nitrogens is 2. The van der Waals surface area contributed by atoms with Gasteiger partial charge in [-0.1, -0.05) is 0 Å². The largest absolute Gasteiger partial charge is 0.340 e. The molecule has 0 aliphatic carbocycles. The maximum Gasteiger partial charge on any atom is 0.217 e. The number of aryl methyl sites for hydroxylation is 1. The van der Waals surface area contributed by atoms with Crippen LogP contribution in [0.2, 0.25) is 0 Å². The lowest BCUT2D eigenvalue weighted by Gasteiger charge is -1.97. The molecule has 0 atom stereocenters. The third-order valence-corrected chi connectivity index (χ3v) is 2.71. The van der Waals surface area contributed by atoms with Gasteiger partial charge in [-0.2, -0.15) is 0 Å². The maximum absolute atomic E-state index is 11.0. The minimum absolute atomic E-state index is 0.0651. The van der Waals surface area contributed by atoms with Crippen molar-refractivity contribution < 1.29 is 8.42 Å². The van der Waals surface area contributed by atoms with E-state index in [9.17, 15) is 8.42 Å². The molecule has 5 nitrogen and oxygen atoms in total. The average Bonchev–Trinajstić information content (AvgIpc) is 2.35. The molecule has 0 unspecified atom stereocenters. The Bertz CT molecular complexity index is 355. The lowest BCUT2D eigenvalue weighted by atomic mass is 10.6. The van der Waals surface area contributed by atoms with Crippen LogP contribution in [-0.2, 0) is 22.8 Å². The monoisotopic (exact) mass is 189 g/mol. The molecular weight excluding hydrogens is 178 g/mol. The van der Waals surface area contributed by atoms with E-state index in [1.807, 2.05) is 0 Å². The minimum atomic E-state index is -3.19. The highest BCUT2D eigenvalue weighted by Crippen LogP contribution is 1.99. The van der Waals surface area contributed by atoms with Crippen LogP contribution in [0.25, 0.3) is 0 Å². The molecule has 0 spiro atoms. The first-order valence-corrected chi connectivity index (χ1v) is 5.07. The molecule has 0 saturated carbocycles. The molecule has 1 aromatic rings. The minimum Gasteiger partial charge on any atom is -0.340 e. The van der Waals surface area contributed by atoms with Crippen LogP contribution in [0.15, 0.2) is 12.5 Å². The summed E-state index contributed by atoms with van der Waals surface area (Å²) >= 11 is 0. The number of rotatable bonds is 3. The van der Waals surface area contributed by atoms with Crippen LogP contribution in [-0.4, -0.2) is 25.0 Å². The molecule has 0 aromatic carbocycles. The van der Waals surface area contributed by atoms with Gasteiger partial charge in [-0.25, -0.2) is 18.1 Å². The summed E-state index contributed by atoms with van der Waals surface area (Å²) in [6, 6.07) is 0. The zero-order valence-corrected chi connectivity index (χ0v) is 7.80. The van der Waals surface area contributed by atoms with Crippen molar-refractivity contribution in [3.63, 3.8) is 0 Å². The van der Waals surface area contributed by atoms with Crippen LogP contribution < -0.4 is 4.72 Å². The smallest absolute Gasteiger partial charge is 0.217 e. The molecule has 0 saturated heterocycles. The summed E-state index contributed by atoms with van der Waals surface area (Å²) in [6.07, 6.45) is 3.25. The van der Waals surface area contributed by atoms with Gasteiger partial charge in [-0.3, -0.25) is 0 Å². The van der Waals surface area contributed by atoms with Crippen LogP contribution in [0.3, 0.4) is 0 Å². The fourth-order valence-electron chi connectivity index (χ4n) is 0.808. The third-order valence-electron chi connectivity index (χ3n) is 1.41. The average molecular weight is 189 g/mol. The molecule has 0 aliphatic rings. The van der Waals surface area contributed by atoms with Crippen LogP contribution in [0.1, 0.15) is 5.69 Å². The number of hydrogen-bond donors (Lipinski definition) is 1. The van der Waals surface area contributed by atoms with E-state index in [2.05, 4.69) is 9.71 Å². The molecule has 6 heteroatoms. The Morgan fingerprint density at radius 1 is 1.67 bits per heavy atom. The second-order valence-electron chi connectivity index (χ2n) is 2.49. The summed E-state index contributed by atoms with van der Waals surface area (Å²) in [5.74, 6) is -0.0651. The van der Waals surface area contributed by atoms with Crippen molar-refractivity contribution in [2.45, 2.75) is 5.75 Å². The Morgan fingerprint density at radius 3 is 2.75 bits per heavy atom. The SMILES string of the molecule is CNS(=O)(=O)Cc1cn(C)cn1. The molecule has 0 bridgehead atoms. The fraction of sp³-hybridized carbons (Fsp3) is 0.500. The highest BCUT2D eigenvalue weighted by Gasteiger charge is 2.09. The fourth-order valence-corrected chi connectivity index (χ4v) is 1.49. The van der Waals surface area contributed by atoms with E-state index in [0.29, 0.717) is 5.69 Å². The number of nitrogens with zero attached hydrogens (tertiary/aromatic N) is 2. The van der Waals surface area contributed by atoms with Gasteiger partial charge in [0, 0.05) is 13.2 Å². The molecule has 1 rings (SSSR count). The van der Waals surface area contributed by atoms with Gasteiger partial charge in [0.1, 0.15) is 5.75 Å². The lowest BCUT2D eigenvalue weighted by Crippen LogP contribution is -2.20. The molecule has 0 aliphatic heterocycles. The van der Waals surface area contributed by atoms with Crippen LogP contribution in [0, 0.1) is 0 Å². The number of imidazole rings is 1. The quantitative estimate of drug-likeness (QED) is 0.695. The molecule has 1 aromatic heterocycles. The topological polar surface area (TPSA) is 64.0 Å². The van der Waals surface area contributed by atoms with Gasteiger partial charge in [-0.05, 0) is 7.05 Å². The second kappa shape index (κ2) is 3.24. The predicted molar refractivity (Wildman–Crippen MR) is 44.9 cm³/mol. The molecule has 0 fully saturated rings. The van der Waals surface area contributed by atoms with Crippen molar-refractivity contribution >= 4 is 10.0 Å². The number of nitrogens with one attached hydrogen (secondary N) is 1. The highest BCUT2D eigenvalue weighted by molar-refractivity contribution is 7.88. The van der Waals surface area contributed by atoms with Gasteiger partial charge >= 0.3 is 0 Å². The summed E-state index contributed by atoms with van der Waals surface area (Å²) in [4.78, 5) is 3.89. The van der Waals surface area contributed by atoms with Gasteiger partial charge < -0.3 is 4.57 Å². The van der Waals surface area contributed by atoms with Crippen molar-refractivity contribution in [2.24, 2.45) is 7.05 Å². The summed E-state index contributed by atoms with van der Waals surface area (Å²) < 4.78 is 26.0. The predicted octanol–water partition coefficient (Wildman–Crippen LogP) is -0.531. The molecule has 12 heavy (non-hydrogen) atoms. The summed E-state index contributed by atoms with van der Waals surface area (Å²) in [7, 11) is -0.00373. The lowest BCUT2D eigenvalue weighted by molar-refractivity contribution is 0.587. The van der Waals surface area contributed by atoms with Crippen LogP contribution >= 0.6 is 0 Å². The van der Waals surface area contributed by atoms with E-state index in [0.717, 1.165) is 0 Å². The first-order valence-electron chi connectivity index (χ1n) is 3.41. The Kier molecular flexibility index (Phi) is 2.49. The molecule has 1 N–H and O–H groups in total. The van der Waals surface area contributed by atoms with Crippen LogP contribution in [0.5, 0.6) is 0 Å².